The van der Waals surface area contributed by atoms with Crippen LogP contribution in [0.5, 0.6) is 0 Å². The molecule has 96 valence electrons. The predicted octanol–water partition coefficient (Wildman–Crippen LogP) is 0.0927. The first-order valence-corrected chi connectivity index (χ1v) is 5.61. The molecule has 16 heavy (non-hydrogen) atoms. The fourth-order valence-electron chi connectivity index (χ4n) is 1.27. The maximum absolute atomic E-state index is 11.9. The molecule has 5 nitrogen and oxygen atoms in total. The van der Waals surface area contributed by atoms with E-state index in [9.17, 15) is 4.79 Å². The van der Waals surface area contributed by atoms with Gasteiger partial charge in [0.15, 0.2) is 0 Å². The first-order valence-electron chi connectivity index (χ1n) is 5.61. The van der Waals surface area contributed by atoms with Gasteiger partial charge >= 0.3 is 0 Å². The normalized spacial score (nSPS) is 12.5. The topological polar surface area (TPSA) is 64.8 Å². The van der Waals surface area contributed by atoms with E-state index in [0.717, 1.165) is 0 Å². The molecule has 0 saturated carbocycles. The summed E-state index contributed by atoms with van der Waals surface area (Å²) in [5.74, 6) is 0.340. The van der Waals surface area contributed by atoms with E-state index >= 15 is 0 Å². The summed E-state index contributed by atoms with van der Waals surface area (Å²) in [5.41, 5.74) is 5.50. The number of methoxy groups -OCH3 is 2. The van der Waals surface area contributed by atoms with Crippen molar-refractivity contribution in [1.29, 1.82) is 0 Å². The van der Waals surface area contributed by atoms with Crippen LogP contribution in [0.25, 0.3) is 0 Å². The quantitative estimate of drug-likeness (QED) is 0.612. The highest BCUT2D eigenvalue weighted by Gasteiger charge is 2.15. The maximum atomic E-state index is 11.9. The average Bonchev–Trinajstić information content (AvgIpc) is 2.28. The van der Waals surface area contributed by atoms with Crippen molar-refractivity contribution in [3.05, 3.63) is 0 Å². The van der Waals surface area contributed by atoms with Crippen molar-refractivity contribution in [3.63, 3.8) is 0 Å². The van der Waals surface area contributed by atoms with E-state index < -0.39 is 0 Å². The Bertz CT molecular complexity index is 180. The Morgan fingerprint density at radius 3 is 2.12 bits per heavy atom. The highest BCUT2D eigenvalue weighted by Crippen LogP contribution is 2.04. The van der Waals surface area contributed by atoms with E-state index in [4.69, 9.17) is 15.2 Å². The largest absolute Gasteiger partial charge is 0.383 e. The second-order valence-corrected chi connectivity index (χ2v) is 3.91. The molecular weight excluding hydrogens is 208 g/mol. The zero-order valence-corrected chi connectivity index (χ0v) is 10.6. The molecule has 0 aliphatic carbocycles. The van der Waals surface area contributed by atoms with E-state index in [2.05, 4.69) is 0 Å². The van der Waals surface area contributed by atoms with E-state index in [1.165, 1.54) is 0 Å². The molecule has 0 aromatic heterocycles. The molecule has 1 amide bonds. The lowest BCUT2D eigenvalue weighted by Gasteiger charge is -2.23. The molecule has 2 N–H and O–H groups in total. The smallest absolute Gasteiger partial charge is 0.223 e. The fraction of sp³-hybridized carbons (Fsp3) is 0.909. The third-order valence-corrected chi connectivity index (χ3v) is 2.41. The molecule has 0 radical (unpaired) electrons. The van der Waals surface area contributed by atoms with E-state index in [1.54, 1.807) is 19.1 Å². The fourth-order valence-corrected chi connectivity index (χ4v) is 1.27. The Kier molecular flexibility index (Phi) is 9.18. The highest BCUT2D eigenvalue weighted by atomic mass is 16.5. The Morgan fingerprint density at radius 1 is 1.25 bits per heavy atom. The van der Waals surface area contributed by atoms with E-state index in [-0.39, 0.29) is 11.8 Å². The first-order chi connectivity index (χ1) is 7.65. The van der Waals surface area contributed by atoms with Crippen LogP contribution in [-0.4, -0.2) is 57.9 Å². The monoisotopic (exact) mass is 232 g/mol. The zero-order valence-electron chi connectivity index (χ0n) is 10.6. The van der Waals surface area contributed by atoms with Gasteiger partial charge in [0, 0.05) is 33.7 Å². The molecule has 0 heterocycles. The van der Waals surface area contributed by atoms with Gasteiger partial charge in [-0.3, -0.25) is 4.79 Å². The lowest BCUT2D eigenvalue weighted by atomic mass is 10.1. The number of carbonyl (C=O) groups excluding carboxylic acids is 1. The lowest BCUT2D eigenvalue weighted by molar-refractivity contribution is -0.133. The predicted molar refractivity (Wildman–Crippen MR) is 63.2 cm³/mol. The lowest BCUT2D eigenvalue weighted by Crippen LogP contribution is -2.37. The molecule has 1 atom stereocenters. The van der Waals surface area contributed by atoms with Gasteiger partial charge in [0.1, 0.15) is 0 Å². The van der Waals surface area contributed by atoms with Crippen LogP contribution in [0, 0.1) is 5.92 Å². The number of hydrogen-bond donors (Lipinski definition) is 1. The third-order valence-electron chi connectivity index (χ3n) is 2.41. The number of amides is 1. The van der Waals surface area contributed by atoms with Crippen molar-refractivity contribution in [1.82, 2.24) is 4.90 Å². The summed E-state index contributed by atoms with van der Waals surface area (Å²) in [7, 11) is 3.25. The molecule has 0 aromatic carbocycles. The molecule has 0 fully saturated rings. The van der Waals surface area contributed by atoms with Crippen LogP contribution in [0.1, 0.15) is 13.3 Å². The van der Waals surface area contributed by atoms with Crippen molar-refractivity contribution in [3.8, 4) is 0 Å². The van der Waals surface area contributed by atoms with Gasteiger partial charge in [-0.25, -0.2) is 0 Å². The summed E-state index contributed by atoms with van der Waals surface area (Å²) in [6, 6.07) is 0. The number of hydrogen-bond acceptors (Lipinski definition) is 4. The minimum Gasteiger partial charge on any atom is -0.383 e. The molecule has 0 saturated heterocycles. The summed E-state index contributed by atoms with van der Waals surface area (Å²) in [4.78, 5) is 13.6. The van der Waals surface area contributed by atoms with Crippen molar-refractivity contribution < 1.29 is 14.3 Å². The number of nitrogens with zero attached hydrogens (tertiary/aromatic N) is 1. The van der Waals surface area contributed by atoms with E-state index in [1.807, 2.05) is 6.92 Å². The van der Waals surface area contributed by atoms with Gasteiger partial charge in [0.2, 0.25) is 5.91 Å². The second kappa shape index (κ2) is 9.57. The van der Waals surface area contributed by atoms with Gasteiger partial charge in [-0.1, -0.05) is 6.92 Å². The van der Waals surface area contributed by atoms with Gasteiger partial charge in [-0.15, -0.1) is 0 Å². The standard InChI is InChI=1S/C11H24N2O3/c1-10(9-12)8-11(14)13(4-6-15-2)5-7-16-3/h10H,4-9,12H2,1-3H3. The third kappa shape index (κ3) is 6.76. The van der Waals surface area contributed by atoms with Gasteiger partial charge in [-0.05, 0) is 12.5 Å². The van der Waals surface area contributed by atoms with Crippen LogP contribution in [0.4, 0.5) is 0 Å². The van der Waals surface area contributed by atoms with Crippen LogP contribution >= 0.6 is 0 Å². The van der Waals surface area contributed by atoms with Crippen molar-refractivity contribution in [2.75, 3.05) is 47.1 Å². The summed E-state index contributed by atoms with van der Waals surface area (Å²) in [6.07, 6.45) is 0.490. The average molecular weight is 232 g/mol. The van der Waals surface area contributed by atoms with Crippen LogP contribution < -0.4 is 5.73 Å². The van der Waals surface area contributed by atoms with Gasteiger partial charge < -0.3 is 20.1 Å². The molecule has 0 aliphatic rings. The molecule has 5 heteroatoms. The Morgan fingerprint density at radius 2 is 1.75 bits per heavy atom. The van der Waals surface area contributed by atoms with Gasteiger partial charge in [0.05, 0.1) is 13.2 Å². The molecule has 1 unspecified atom stereocenters. The van der Waals surface area contributed by atoms with Crippen LogP contribution in [-0.2, 0) is 14.3 Å². The number of ether oxygens (including phenoxy) is 2. The number of carbonyl (C=O) groups is 1. The minimum absolute atomic E-state index is 0.118. The summed E-state index contributed by atoms with van der Waals surface area (Å²) in [5, 5.41) is 0. The molecule has 0 aromatic rings. The summed E-state index contributed by atoms with van der Waals surface area (Å²) >= 11 is 0. The van der Waals surface area contributed by atoms with Crippen molar-refractivity contribution >= 4 is 5.91 Å². The number of nitrogens with two attached hydrogens (primary N) is 1. The Balaban J connectivity index is 4.08. The molecule has 0 rings (SSSR count). The molecule has 0 bridgehead atoms. The summed E-state index contributed by atoms with van der Waals surface area (Å²) < 4.78 is 9.95. The van der Waals surface area contributed by atoms with E-state index in [0.29, 0.717) is 39.3 Å². The molecule has 0 spiro atoms. The second-order valence-electron chi connectivity index (χ2n) is 3.91. The Labute approximate surface area is 97.9 Å². The van der Waals surface area contributed by atoms with Crippen molar-refractivity contribution in [2.45, 2.75) is 13.3 Å². The highest BCUT2D eigenvalue weighted by molar-refractivity contribution is 5.76. The zero-order chi connectivity index (χ0) is 12.4. The summed E-state index contributed by atoms with van der Waals surface area (Å²) in [6.45, 7) is 4.82. The number of rotatable bonds is 9. The minimum atomic E-state index is 0.118. The SMILES string of the molecule is COCCN(CCOC)C(=O)CC(C)CN. The first kappa shape index (κ1) is 15.3. The van der Waals surface area contributed by atoms with Crippen LogP contribution in [0.2, 0.25) is 0 Å². The van der Waals surface area contributed by atoms with Crippen LogP contribution in [0.3, 0.4) is 0 Å². The van der Waals surface area contributed by atoms with Gasteiger partial charge in [0.25, 0.3) is 0 Å². The van der Waals surface area contributed by atoms with Crippen LogP contribution in [0.15, 0.2) is 0 Å². The Hall–Kier alpha value is -0.650. The van der Waals surface area contributed by atoms with Crippen molar-refractivity contribution in [2.24, 2.45) is 11.7 Å². The van der Waals surface area contributed by atoms with Gasteiger partial charge in [-0.2, -0.15) is 0 Å². The molecule has 0 aliphatic heterocycles. The maximum Gasteiger partial charge on any atom is 0.223 e. The molecular formula is C11H24N2O3.